The quantitative estimate of drug-likeness (QED) is 0.625. The van der Waals surface area contributed by atoms with E-state index in [4.69, 9.17) is 4.42 Å². The highest BCUT2D eigenvalue weighted by molar-refractivity contribution is 7.96. The van der Waals surface area contributed by atoms with Gasteiger partial charge in [-0.2, -0.15) is 0 Å². The average Bonchev–Trinajstić information content (AvgIpc) is 2.42. The van der Waals surface area contributed by atoms with Crippen molar-refractivity contribution < 1.29 is 9.21 Å². The fourth-order valence-corrected chi connectivity index (χ4v) is 1.28. The van der Waals surface area contributed by atoms with E-state index < -0.39 is 11.0 Å². The summed E-state index contributed by atoms with van der Waals surface area (Å²) in [5.41, 5.74) is 1.54. The van der Waals surface area contributed by atoms with Gasteiger partial charge in [-0.3, -0.25) is 9.78 Å². The number of aromatic nitrogens is 1. The van der Waals surface area contributed by atoms with Gasteiger partial charge in [-0.05, 0) is 18.2 Å². The topological polar surface area (TPSA) is 75.1 Å². The van der Waals surface area contributed by atoms with E-state index in [0.29, 0.717) is 16.8 Å². The molecular formula is C8H6N2O3S. The van der Waals surface area contributed by atoms with Crippen molar-refractivity contribution in [1.82, 2.24) is 4.98 Å². The van der Waals surface area contributed by atoms with Crippen molar-refractivity contribution in [3.63, 3.8) is 0 Å². The number of nitrogens with one attached hydrogen (secondary N) is 2. The lowest BCUT2D eigenvalue weighted by Crippen LogP contribution is -2.00. The molecule has 1 aromatic carbocycles. The molecule has 0 unspecified atom stereocenters. The lowest BCUT2D eigenvalue weighted by Gasteiger charge is -1.98. The molecule has 2 rings (SSSR count). The number of carbonyl (C=O) groups excluding carboxylic acids is 1. The fourth-order valence-electron chi connectivity index (χ4n) is 1.15. The van der Waals surface area contributed by atoms with Gasteiger partial charge in [-0.25, -0.2) is 4.79 Å². The van der Waals surface area contributed by atoms with Crippen molar-refractivity contribution in [3.8, 4) is 0 Å². The molecule has 0 saturated heterocycles. The summed E-state index contributed by atoms with van der Waals surface area (Å²) >= 11 is 3.56. The second-order valence-electron chi connectivity index (χ2n) is 2.66. The number of oxazole rings is 1. The molecule has 14 heavy (non-hydrogen) atoms. The van der Waals surface area contributed by atoms with Crippen LogP contribution in [0.1, 0.15) is 0 Å². The third kappa shape index (κ3) is 1.64. The van der Waals surface area contributed by atoms with Crippen LogP contribution in [0.15, 0.2) is 27.4 Å². The van der Waals surface area contributed by atoms with Gasteiger partial charge in [-0.1, -0.05) is 12.6 Å². The van der Waals surface area contributed by atoms with Crippen LogP contribution in [0.2, 0.25) is 0 Å². The van der Waals surface area contributed by atoms with E-state index in [1.54, 1.807) is 18.2 Å². The Bertz CT molecular complexity index is 543. The zero-order valence-corrected chi connectivity index (χ0v) is 7.80. The van der Waals surface area contributed by atoms with Gasteiger partial charge in [0, 0.05) is 5.69 Å². The Morgan fingerprint density at radius 3 is 3.00 bits per heavy atom. The molecule has 0 fully saturated rings. The van der Waals surface area contributed by atoms with Crippen LogP contribution in [-0.4, -0.2) is 10.2 Å². The zero-order chi connectivity index (χ0) is 10.1. The lowest BCUT2D eigenvalue weighted by atomic mass is 10.3. The van der Waals surface area contributed by atoms with Gasteiger partial charge in [0.15, 0.2) is 5.58 Å². The monoisotopic (exact) mass is 210 g/mol. The van der Waals surface area contributed by atoms with E-state index in [0.717, 1.165) is 0 Å². The summed E-state index contributed by atoms with van der Waals surface area (Å²) in [6, 6.07) is 4.80. The van der Waals surface area contributed by atoms with Crippen molar-refractivity contribution in [2.75, 3.05) is 5.32 Å². The van der Waals surface area contributed by atoms with Crippen molar-refractivity contribution in [3.05, 3.63) is 28.7 Å². The normalized spacial score (nSPS) is 10.4. The van der Waals surface area contributed by atoms with Crippen LogP contribution in [0.5, 0.6) is 0 Å². The van der Waals surface area contributed by atoms with Crippen LogP contribution in [0.25, 0.3) is 11.1 Å². The number of hydrogen-bond donors (Lipinski definition) is 3. The minimum Gasteiger partial charge on any atom is -0.408 e. The Balaban J connectivity index is 2.50. The number of rotatable bonds is 1. The molecule has 1 aromatic heterocycles. The molecule has 2 aromatic rings. The predicted octanol–water partition coefficient (Wildman–Crippen LogP) is 1.58. The van der Waals surface area contributed by atoms with Crippen molar-refractivity contribution in [1.29, 1.82) is 0 Å². The first-order valence-corrected chi connectivity index (χ1v) is 4.23. The van der Waals surface area contributed by atoms with Crippen LogP contribution in [0, 0.1) is 0 Å². The maximum atomic E-state index is 10.8. The molecule has 0 aliphatic heterocycles. The molecule has 6 heteroatoms. The standard InChI is InChI=1S/C8H6N2O3S/c11-7-10-5-3-4(9-8(12)14)1-2-6(5)13-7/h1-3H,(H,10,11)(H2,9,12,14). The van der Waals surface area contributed by atoms with Gasteiger partial charge in [-0.15, -0.1) is 0 Å². The second kappa shape index (κ2) is 3.22. The molecule has 0 bridgehead atoms. The van der Waals surface area contributed by atoms with Gasteiger partial charge < -0.3 is 9.73 Å². The van der Waals surface area contributed by atoms with Gasteiger partial charge in [0.25, 0.3) is 5.24 Å². The number of hydrogen-bond acceptors (Lipinski definition) is 3. The smallest absolute Gasteiger partial charge is 0.408 e. The van der Waals surface area contributed by atoms with Crippen LogP contribution in [0.3, 0.4) is 0 Å². The van der Waals surface area contributed by atoms with Crippen LogP contribution >= 0.6 is 12.6 Å². The van der Waals surface area contributed by atoms with E-state index in [2.05, 4.69) is 22.9 Å². The number of fused-ring (bicyclic) bond motifs is 1. The third-order valence-corrected chi connectivity index (χ3v) is 1.78. The van der Waals surface area contributed by atoms with Crippen LogP contribution in [-0.2, 0) is 0 Å². The number of H-pyrrole nitrogens is 1. The van der Waals surface area contributed by atoms with Crippen LogP contribution < -0.4 is 11.1 Å². The van der Waals surface area contributed by atoms with E-state index in [-0.39, 0.29) is 0 Å². The molecule has 5 nitrogen and oxygen atoms in total. The number of amides is 1. The Hall–Kier alpha value is -1.69. The Kier molecular flexibility index (Phi) is 2.05. The molecule has 0 radical (unpaired) electrons. The Morgan fingerprint density at radius 1 is 1.50 bits per heavy atom. The third-order valence-electron chi connectivity index (χ3n) is 1.67. The molecule has 1 heterocycles. The molecular weight excluding hydrogens is 204 g/mol. The predicted molar refractivity (Wildman–Crippen MR) is 54.8 cm³/mol. The summed E-state index contributed by atoms with van der Waals surface area (Å²) in [4.78, 5) is 23.9. The molecule has 0 aliphatic carbocycles. The van der Waals surface area contributed by atoms with Gasteiger partial charge in [0.05, 0.1) is 5.52 Å². The summed E-state index contributed by atoms with van der Waals surface area (Å²) in [6.07, 6.45) is 0. The van der Waals surface area contributed by atoms with Crippen molar-refractivity contribution in [2.24, 2.45) is 0 Å². The summed E-state index contributed by atoms with van der Waals surface area (Å²) in [6.45, 7) is 0. The first-order chi connectivity index (χ1) is 6.65. The lowest BCUT2D eigenvalue weighted by molar-refractivity contribution is 0.270. The molecule has 0 atom stereocenters. The average molecular weight is 210 g/mol. The van der Waals surface area contributed by atoms with Gasteiger partial charge >= 0.3 is 5.76 Å². The minimum absolute atomic E-state index is 0.451. The minimum atomic E-state index is -0.519. The molecule has 0 aliphatic rings. The van der Waals surface area contributed by atoms with E-state index in [1.165, 1.54) is 0 Å². The van der Waals surface area contributed by atoms with E-state index in [1.807, 2.05) is 0 Å². The fraction of sp³-hybridized carbons (Fsp3) is 0. The summed E-state index contributed by atoms with van der Waals surface area (Å²) in [5, 5.41) is 2.00. The number of thiol groups is 1. The van der Waals surface area contributed by atoms with Gasteiger partial charge in [0.2, 0.25) is 0 Å². The van der Waals surface area contributed by atoms with E-state index >= 15 is 0 Å². The highest BCUT2D eigenvalue weighted by Gasteiger charge is 2.02. The number of aromatic amines is 1. The van der Waals surface area contributed by atoms with Crippen LogP contribution in [0.4, 0.5) is 10.5 Å². The highest BCUT2D eigenvalue weighted by Crippen LogP contribution is 2.16. The number of benzene rings is 1. The first-order valence-electron chi connectivity index (χ1n) is 3.78. The molecule has 0 spiro atoms. The summed E-state index contributed by atoms with van der Waals surface area (Å²) in [7, 11) is 0. The van der Waals surface area contributed by atoms with Crippen molar-refractivity contribution in [2.45, 2.75) is 0 Å². The van der Waals surface area contributed by atoms with E-state index in [9.17, 15) is 9.59 Å². The SMILES string of the molecule is O=C(S)Nc1ccc2oc(=O)[nH]c2c1. The first kappa shape index (κ1) is 8.89. The Morgan fingerprint density at radius 2 is 2.29 bits per heavy atom. The molecule has 72 valence electrons. The van der Waals surface area contributed by atoms with Crippen molar-refractivity contribution >= 4 is 34.7 Å². The number of carbonyl (C=O) groups is 1. The summed E-state index contributed by atoms with van der Waals surface area (Å²) < 4.78 is 4.78. The second-order valence-corrected chi connectivity index (χ2v) is 3.06. The largest absolute Gasteiger partial charge is 0.417 e. The maximum absolute atomic E-state index is 10.8. The summed E-state index contributed by atoms with van der Waals surface area (Å²) in [5.74, 6) is -0.519. The molecule has 0 saturated carbocycles. The molecule has 1 amide bonds. The molecule has 2 N–H and O–H groups in total. The number of anilines is 1. The van der Waals surface area contributed by atoms with Gasteiger partial charge in [0.1, 0.15) is 0 Å². The maximum Gasteiger partial charge on any atom is 0.417 e. The Labute approximate surface area is 83.5 Å². The zero-order valence-electron chi connectivity index (χ0n) is 6.90. The highest BCUT2D eigenvalue weighted by atomic mass is 32.1.